The molecule has 0 spiro atoms. The maximum absolute atomic E-state index is 11.5. The van der Waals surface area contributed by atoms with Crippen molar-refractivity contribution in [1.29, 1.82) is 0 Å². The van der Waals surface area contributed by atoms with Crippen LogP contribution in [0.3, 0.4) is 0 Å². The van der Waals surface area contributed by atoms with Gasteiger partial charge in [-0.1, -0.05) is 13.8 Å². The Balaban J connectivity index is 2.81. The zero-order valence-corrected chi connectivity index (χ0v) is 7.79. The summed E-state index contributed by atoms with van der Waals surface area (Å²) in [5, 5.41) is 0. The van der Waals surface area contributed by atoms with Gasteiger partial charge in [-0.25, -0.2) is 4.79 Å². The Labute approximate surface area is 72.6 Å². The second-order valence-corrected chi connectivity index (χ2v) is 2.97. The minimum atomic E-state index is 0.124. The van der Waals surface area contributed by atoms with E-state index in [0.29, 0.717) is 0 Å². The quantitative estimate of drug-likeness (QED) is 0.668. The van der Waals surface area contributed by atoms with E-state index >= 15 is 0 Å². The van der Waals surface area contributed by atoms with Gasteiger partial charge in [0.25, 0.3) is 0 Å². The highest BCUT2D eigenvalue weighted by molar-refractivity contribution is 4.80. The summed E-state index contributed by atoms with van der Waals surface area (Å²) in [6.07, 6.45) is 5.75. The predicted octanol–water partition coefficient (Wildman–Crippen LogP) is 1.47. The Morgan fingerprint density at radius 1 is 1.08 bits per heavy atom. The molecule has 0 aliphatic rings. The van der Waals surface area contributed by atoms with E-state index in [-0.39, 0.29) is 5.69 Å². The van der Waals surface area contributed by atoms with Gasteiger partial charge in [-0.2, -0.15) is 0 Å². The van der Waals surface area contributed by atoms with E-state index in [1.54, 1.807) is 9.13 Å². The fraction of sp³-hybridized carbons (Fsp3) is 0.667. The van der Waals surface area contributed by atoms with Crippen LogP contribution >= 0.6 is 0 Å². The molecule has 0 atom stereocenters. The third kappa shape index (κ3) is 1.78. The molecule has 0 radical (unpaired) electrons. The summed E-state index contributed by atoms with van der Waals surface area (Å²) < 4.78 is 3.52. The van der Waals surface area contributed by atoms with Gasteiger partial charge in [0.1, 0.15) is 0 Å². The SMILES string of the molecule is CCCn1ccn(CCC)c1=O. The van der Waals surface area contributed by atoms with Crippen molar-refractivity contribution in [1.82, 2.24) is 9.13 Å². The smallest absolute Gasteiger partial charge is 0.299 e. The molecule has 3 heteroatoms. The topological polar surface area (TPSA) is 26.9 Å². The van der Waals surface area contributed by atoms with Crippen LogP contribution in [0.2, 0.25) is 0 Å². The van der Waals surface area contributed by atoms with Gasteiger partial charge in [-0.05, 0) is 12.8 Å². The normalized spacial score (nSPS) is 10.5. The number of hydrogen-bond acceptors (Lipinski definition) is 1. The first kappa shape index (κ1) is 9.10. The van der Waals surface area contributed by atoms with Crippen LogP contribution in [0.15, 0.2) is 17.2 Å². The number of hydrogen-bond donors (Lipinski definition) is 0. The highest BCUT2D eigenvalue weighted by atomic mass is 16.1. The Kier molecular flexibility index (Phi) is 3.14. The molecule has 3 nitrogen and oxygen atoms in total. The molecule has 0 aromatic carbocycles. The molecule has 0 N–H and O–H groups in total. The van der Waals surface area contributed by atoms with Gasteiger partial charge < -0.3 is 0 Å². The van der Waals surface area contributed by atoms with E-state index in [1.165, 1.54) is 0 Å². The van der Waals surface area contributed by atoms with Gasteiger partial charge >= 0.3 is 5.69 Å². The first-order valence-corrected chi connectivity index (χ1v) is 4.55. The van der Waals surface area contributed by atoms with Gasteiger partial charge in [0.15, 0.2) is 0 Å². The number of rotatable bonds is 4. The van der Waals surface area contributed by atoms with Crippen LogP contribution in [0, 0.1) is 0 Å². The van der Waals surface area contributed by atoms with Gasteiger partial charge in [0.2, 0.25) is 0 Å². The third-order valence-corrected chi connectivity index (χ3v) is 1.85. The standard InChI is InChI=1S/C9H16N2O/c1-3-5-10-7-8-11(6-4-2)9(10)12/h7-8H,3-6H2,1-2H3. The van der Waals surface area contributed by atoms with Crippen molar-refractivity contribution in [2.24, 2.45) is 0 Å². The van der Waals surface area contributed by atoms with E-state index in [9.17, 15) is 4.79 Å². The van der Waals surface area contributed by atoms with Crippen LogP contribution in [0.5, 0.6) is 0 Å². The minimum Gasteiger partial charge on any atom is -0.299 e. The summed E-state index contributed by atoms with van der Waals surface area (Å²) >= 11 is 0. The molecule has 0 saturated heterocycles. The molecular weight excluding hydrogens is 152 g/mol. The lowest BCUT2D eigenvalue weighted by molar-refractivity contribution is 0.595. The molecular formula is C9H16N2O. The van der Waals surface area contributed by atoms with Gasteiger partial charge in [-0.15, -0.1) is 0 Å². The average molecular weight is 168 g/mol. The van der Waals surface area contributed by atoms with Crippen LogP contribution in [0.25, 0.3) is 0 Å². The van der Waals surface area contributed by atoms with E-state index < -0.39 is 0 Å². The van der Waals surface area contributed by atoms with Crippen LogP contribution < -0.4 is 5.69 Å². The molecule has 0 amide bonds. The molecule has 0 aliphatic heterocycles. The third-order valence-electron chi connectivity index (χ3n) is 1.85. The lowest BCUT2D eigenvalue weighted by Gasteiger charge is -1.97. The highest BCUT2D eigenvalue weighted by Crippen LogP contribution is 1.89. The summed E-state index contributed by atoms with van der Waals surface area (Å²) in [7, 11) is 0. The fourth-order valence-corrected chi connectivity index (χ4v) is 1.28. The number of aromatic nitrogens is 2. The Morgan fingerprint density at radius 3 is 1.83 bits per heavy atom. The first-order valence-electron chi connectivity index (χ1n) is 4.55. The molecule has 0 bridgehead atoms. The predicted molar refractivity (Wildman–Crippen MR) is 49.3 cm³/mol. The van der Waals surface area contributed by atoms with Crippen LogP contribution in [-0.2, 0) is 13.1 Å². The molecule has 0 saturated carbocycles. The van der Waals surface area contributed by atoms with Crippen LogP contribution in [0.1, 0.15) is 26.7 Å². The monoisotopic (exact) mass is 168 g/mol. The number of imidazole rings is 1. The highest BCUT2D eigenvalue weighted by Gasteiger charge is 1.99. The van der Waals surface area contributed by atoms with E-state index in [4.69, 9.17) is 0 Å². The molecule has 1 aromatic rings. The Hall–Kier alpha value is -0.990. The van der Waals surface area contributed by atoms with Crippen molar-refractivity contribution in [3.8, 4) is 0 Å². The molecule has 1 rings (SSSR count). The van der Waals surface area contributed by atoms with Crippen LogP contribution in [-0.4, -0.2) is 9.13 Å². The maximum atomic E-state index is 11.5. The van der Waals surface area contributed by atoms with Crippen molar-refractivity contribution < 1.29 is 0 Å². The second-order valence-electron chi connectivity index (χ2n) is 2.97. The number of nitrogens with zero attached hydrogens (tertiary/aromatic N) is 2. The fourth-order valence-electron chi connectivity index (χ4n) is 1.28. The molecule has 0 unspecified atom stereocenters. The molecule has 0 fully saturated rings. The first-order chi connectivity index (χ1) is 5.79. The number of aryl methyl sites for hydroxylation is 2. The van der Waals surface area contributed by atoms with Gasteiger partial charge in [-0.3, -0.25) is 9.13 Å². The van der Waals surface area contributed by atoms with E-state index in [1.807, 2.05) is 12.4 Å². The van der Waals surface area contributed by atoms with Crippen molar-refractivity contribution in [3.63, 3.8) is 0 Å². The maximum Gasteiger partial charge on any atom is 0.328 e. The summed E-state index contributed by atoms with van der Waals surface area (Å²) in [4.78, 5) is 11.5. The zero-order chi connectivity index (χ0) is 8.97. The van der Waals surface area contributed by atoms with Crippen molar-refractivity contribution in [2.45, 2.75) is 39.8 Å². The van der Waals surface area contributed by atoms with Crippen LogP contribution in [0.4, 0.5) is 0 Å². The summed E-state index contributed by atoms with van der Waals surface area (Å²) in [6, 6.07) is 0. The Bertz CT molecular complexity index is 258. The zero-order valence-electron chi connectivity index (χ0n) is 7.79. The van der Waals surface area contributed by atoms with Crippen molar-refractivity contribution >= 4 is 0 Å². The molecule has 68 valence electrons. The second kappa shape index (κ2) is 4.14. The lowest BCUT2D eigenvalue weighted by atomic mass is 10.5. The lowest BCUT2D eigenvalue weighted by Crippen LogP contribution is -2.23. The minimum absolute atomic E-state index is 0.124. The summed E-state index contributed by atoms with van der Waals surface area (Å²) in [5.74, 6) is 0. The molecule has 1 aromatic heterocycles. The molecule has 0 aliphatic carbocycles. The largest absolute Gasteiger partial charge is 0.328 e. The summed E-state index contributed by atoms with van der Waals surface area (Å²) in [5.41, 5.74) is 0.124. The molecule has 1 heterocycles. The summed E-state index contributed by atoms with van der Waals surface area (Å²) in [6.45, 7) is 5.80. The van der Waals surface area contributed by atoms with Gasteiger partial charge in [0.05, 0.1) is 0 Å². The Morgan fingerprint density at radius 2 is 1.50 bits per heavy atom. The van der Waals surface area contributed by atoms with Gasteiger partial charge in [0, 0.05) is 25.5 Å². The van der Waals surface area contributed by atoms with Crippen molar-refractivity contribution in [2.75, 3.05) is 0 Å². The van der Waals surface area contributed by atoms with E-state index in [0.717, 1.165) is 25.9 Å². The average Bonchev–Trinajstić information content (AvgIpc) is 2.38. The molecule has 12 heavy (non-hydrogen) atoms. The van der Waals surface area contributed by atoms with E-state index in [2.05, 4.69) is 13.8 Å². The van der Waals surface area contributed by atoms with Crippen molar-refractivity contribution in [3.05, 3.63) is 22.9 Å².